The lowest BCUT2D eigenvalue weighted by Gasteiger charge is -2.00. The average molecular weight is 293 g/mol. The molecule has 0 saturated heterocycles. The summed E-state index contributed by atoms with van der Waals surface area (Å²) in [5, 5.41) is 12.7. The predicted molar refractivity (Wildman–Crippen MR) is 87.2 cm³/mol. The third kappa shape index (κ3) is 6.75. The Labute approximate surface area is 125 Å². The zero-order chi connectivity index (χ0) is 14.6. The molecule has 110 valence electrons. The van der Waals surface area contributed by atoms with Crippen LogP contribution in [0.25, 0.3) is 5.70 Å². The Kier molecular flexibility index (Phi) is 8.79. The molecule has 0 saturated carbocycles. The number of thioether (sulfide) groups is 1. The number of hydrogen-bond acceptors (Lipinski definition) is 3. The van der Waals surface area contributed by atoms with Crippen LogP contribution in [0.2, 0.25) is 0 Å². The highest BCUT2D eigenvalue weighted by molar-refractivity contribution is 8.02. The van der Waals surface area contributed by atoms with Gasteiger partial charge in [0.05, 0.1) is 10.5 Å². The van der Waals surface area contributed by atoms with Crippen LogP contribution in [0.3, 0.4) is 0 Å². The molecule has 4 heteroatoms. The molecule has 0 amide bonds. The van der Waals surface area contributed by atoms with Crippen molar-refractivity contribution in [2.75, 3.05) is 5.75 Å². The van der Waals surface area contributed by atoms with Gasteiger partial charge in [-0.3, -0.25) is 10.1 Å². The predicted octanol–water partition coefficient (Wildman–Crippen LogP) is 5.36. The van der Waals surface area contributed by atoms with E-state index in [1.54, 1.807) is 29.3 Å². The van der Waals surface area contributed by atoms with E-state index in [1.165, 1.54) is 32.1 Å². The van der Waals surface area contributed by atoms with Gasteiger partial charge in [-0.05, 0) is 24.3 Å². The summed E-state index contributed by atoms with van der Waals surface area (Å²) in [6.45, 7) is 2.21. The lowest BCUT2D eigenvalue weighted by molar-refractivity contribution is -0.375. The summed E-state index contributed by atoms with van der Waals surface area (Å²) in [7, 11) is 0. The van der Waals surface area contributed by atoms with Crippen LogP contribution in [-0.4, -0.2) is 10.7 Å². The molecule has 0 bridgehead atoms. The fourth-order valence-electron chi connectivity index (χ4n) is 1.93. The molecule has 0 aromatic heterocycles. The first-order chi connectivity index (χ1) is 9.75. The van der Waals surface area contributed by atoms with Gasteiger partial charge in [0.15, 0.2) is 0 Å². The number of unbranched alkanes of at least 4 members (excludes halogenated alkanes) is 5. The van der Waals surface area contributed by atoms with Crippen molar-refractivity contribution in [3.8, 4) is 0 Å². The minimum absolute atomic E-state index is 0.196. The zero-order valence-corrected chi connectivity index (χ0v) is 12.9. The van der Waals surface area contributed by atoms with Crippen LogP contribution in [0.15, 0.2) is 35.7 Å². The fraction of sp³-hybridized carbons (Fsp3) is 0.500. The van der Waals surface area contributed by atoms with E-state index in [2.05, 4.69) is 6.92 Å². The molecular weight excluding hydrogens is 270 g/mol. The van der Waals surface area contributed by atoms with Gasteiger partial charge < -0.3 is 0 Å². The van der Waals surface area contributed by atoms with E-state index in [-0.39, 0.29) is 10.6 Å². The number of rotatable bonds is 10. The molecule has 0 unspecified atom stereocenters. The number of nitrogens with zero attached hydrogens (tertiary/aromatic N) is 1. The molecule has 0 aliphatic carbocycles. The Morgan fingerprint density at radius 3 is 2.45 bits per heavy atom. The SMILES string of the molecule is CCCCCCCCSC=C(c1ccccc1)[N+](=O)[O-]. The smallest absolute Gasteiger partial charge is 0.258 e. The topological polar surface area (TPSA) is 43.1 Å². The highest BCUT2D eigenvalue weighted by Gasteiger charge is 2.12. The zero-order valence-electron chi connectivity index (χ0n) is 12.1. The Morgan fingerprint density at radius 1 is 1.15 bits per heavy atom. The monoisotopic (exact) mass is 293 g/mol. The summed E-state index contributed by atoms with van der Waals surface area (Å²) >= 11 is 1.54. The normalized spacial score (nSPS) is 11.6. The van der Waals surface area contributed by atoms with Crippen molar-refractivity contribution in [3.63, 3.8) is 0 Å². The van der Waals surface area contributed by atoms with E-state index in [0.29, 0.717) is 5.56 Å². The van der Waals surface area contributed by atoms with Crippen LogP contribution >= 0.6 is 11.8 Å². The van der Waals surface area contributed by atoms with Gasteiger partial charge in [-0.15, -0.1) is 11.8 Å². The van der Waals surface area contributed by atoms with Gasteiger partial charge in [-0.25, -0.2) is 0 Å². The molecule has 0 heterocycles. The van der Waals surface area contributed by atoms with Crippen LogP contribution < -0.4 is 0 Å². The molecule has 1 rings (SSSR count). The van der Waals surface area contributed by atoms with Crippen LogP contribution in [0.1, 0.15) is 51.0 Å². The molecule has 20 heavy (non-hydrogen) atoms. The molecule has 3 nitrogen and oxygen atoms in total. The Bertz CT molecular complexity index is 418. The Morgan fingerprint density at radius 2 is 1.80 bits per heavy atom. The van der Waals surface area contributed by atoms with Crippen LogP contribution in [-0.2, 0) is 0 Å². The van der Waals surface area contributed by atoms with Gasteiger partial charge in [-0.2, -0.15) is 0 Å². The quantitative estimate of drug-likeness (QED) is 0.331. The van der Waals surface area contributed by atoms with Crippen LogP contribution in [0.4, 0.5) is 0 Å². The van der Waals surface area contributed by atoms with E-state index in [0.717, 1.165) is 12.2 Å². The van der Waals surface area contributed by atoms with Crippen molar-refractivity contribution in [1.29, 1.82) is 0 Å². The second kappa shape index (κ2) is 10.5. The highest BCUT2D eigenvalue weighted by atomic mass is 32.2. The lowest BCUT2D eigenvalue weighted by atomic mass is 10.1. The van der Waals surface area contributed by atoms with Gasteiger partial charge in [0.25, 0.3) is 5.70 Å². The fourth-order valence-corrected chi connectivity index (χ4v) is 2.80. The molecule has 0 aliphatic rings. The molecule has 0 N–H and O–H groups in total. The number of hydrogen-bond donors (Lipinski definition) is 0. The maximum Gasteiger partial charge on any atom is 0.282 e. The summed E-state index contributed by atoms with van der Waals surface area (Å²) in [5.41, 5.74) is 0.870. The van der Waals surface area contributed by atoms with Gasteiger partial charge in [0, 0.05) is 5.41 Å². The van der Waals surface area contributed by atoms with E-state index in [1.807, 2.05) is 18.2 Å². The standard InChI is InChI=1S/C16H23NO2S/c1-2-3-4-5-6-10-13-20-14-16(17(18)19)15-11-8-7-9-12-15/h7-9,11-12,14H,2-6,10,13H2,1H3. The molecule has 0 atom stereocenters. The molecule has 0 fully saturated rings. The minimum atomic E-state index is -0.302. The number of benzene rings is 1. The molecular formula is C16H23NO2S. The maximum absolute atomic E-state index is 11.1. The summed E-state index contributed by atoms with van der Waals surface area (Å²) in [5.74, 6) is 0.955. The first kappa shape index (κ1) is 16.8. The van der Waals surface area contributed by atoms with Crippen molar-refractivity contribution < 1.29 is 4.92 Å². The second-order valence-electron chi connectivity index (χ2n) is 4.76. The third-order valence-corrected chi connectivity index (χ3v) is 3.99. The summed E-state index contributed by atoms with van der Waals surface area (Å²) in [6, 6.07) is 9.07. The van der Waals surface area contributed by atoms with Crippen molar-refractivity contribution in [2.45, 2.75) is 45.4 Å². The molecule has 0 aliphatic heterocycles. The van der Waals surface area contributed by atoms with Gasteiger partial charge in [0.2, 0.25) is 0 Å². The van der Waals surface area contributed by atoms with E-state index < -0.39 is 0 Å². The largest absolute Gasteiger partial charge is 0.282 e. The Hall–Kier alpha value is -1.29. The van der Waals surface area contributed by atoms with Crippen LogP contribution in [0.5, 0.6) is 0 Å². The van der Waals surface area contributed by atoms with Gasteiger partial charge in [-0.1, -0.05) is 57.2 Å². The number of nitro groups is 1. The highest BCUT2D eigenvalue weighted by Crippen LogP contribution is 2.20. The molecule has 1 aromatic carbocycles. The Balaban J connectivity index is 2.33. The van der Waals surface area contributed by atoms with Gasteiger partial charge in [0.1, 0.15) is 0 Å². The van der Waals surface area contributed by atoms with Crippen molar-refractivity contribution >= 4 is 17.5 Å². The lowest BCUT2D eigenvalue weighted by Crippen LogP contribution is -1.97. The molecule has 0 radical (unpaired) electrons. The summed E-state index contributed by atoms with van der Waals surface area (Å²) in [4.78, 5) is 10.8. The minimum Gasteiger partial charge on any atom is -0.258 e. The molecule has 1 aromatic rings. The van der Waals surface area contributed by atoms with Crippen molar-refractivity contribution in [1.82, 2.24) is 0 Å². The second-order valence-corrected chi connectivity index (χ2v) is 5.74. The van der Waals surface area contributed by atoms with Crippen molar-refractivity contribution in [2.24, 2.45) is 0 Å². The maximum atomic E-state index is 11.1. The van der Waals surface area contributed by atoms with Crippen LogP contribution in [0, 0.1) is 10.1 Å². The third-order valence-electron chi connectivity index (χ3n) is 3.08. The first-order valence-electron chi connectivity index (χ1n) is 7.27. The van der Waals surface area contributed by atoms with E-state index >= 15 is 0 Å². The van der Waals surface area contributed by atoms with E-state index in [9.17, 15) is 10.1 Å². The van der Waals surface area contributed by atoms with E-state index in [4.69, 9.17) is 0 Å². The average Bonchev–Trinajstić information content (AvgIpc) is 2.46. The first-order valence-corrected chi connectivity index (χ1v) is 8.32. The summed E-state index contributed by atoms with van der Waals surface area (Å²) < 4.78 is 0. The van der Waals surface area contributed by atoms with Gasteiger partial charge >= 0.3 is 0 Å². The van der Waals surface area contributed by atoms with Crippen molar-refractivity contribution in [3.05, 3.63) is 51.4 Å². The summed E-state index contributed by atoms with van der Waals surface area (Å²) in [6.07, 6.45) is 7.51. The molecule has 0 spiro atoms.